The molecule has 21 heavy (non-hydrogen) atoms. The van der Waals surface area contributed by atoms with E-state index in [1.165, 1.54) is 12.0 Å². The second kappa shape index (κ2) is 7.59. The molecule has 1 saturated heterocycles. The van der Waals surface area contributed by atoms with Crippen LogP contribution in [0, 0.1) is 6.92 Å². The second-order valence-corrected chi connectivity index (χ2v) is 5.88. The zero-order valence-corrected chi connectivity index (χ0v) is 13.9. The largest absolute Gasteiger partial charge is 0.370 e. The molecule has 0 amide bonds. The quantitative estimate of drug-likeness (QED) is 0.872. The Kier molecular flexibility index (Phi) is 5.79. The van der Waals surface area contributed by atoms with Crippen LogP contribution in [0.1, 0.15) is 39.2 Å². The van der Waals surface area contributed by atoms with Gasteiger partial charge in [-0.1, -0.05) is 13.8 Å². The fraction of sp³-hybridized carbons (Fsp3) is 0.750. The number of aromatic nitrogens is 2. The molecule has 2 rings (SSSR count). The van der Waals surface area contributed by atoms with E-state index >= 15 is 0 Å². The van der Waals surface area contributed by atoms with Gasteiger partial charge in [0, 0.05) is 44.3 Å². The summed E-state index contributed by atoms with van der Waals surface area (Å²) in [5.41, 5.74) is 1.17. The normalized spacial score (nSPS) is 17.8. The van der Waals surface area contributed by atoms with Crippen molar-refractivity contribution in [3.05, 3.63) is 11.9 Å². The Labute approximate surface area is 128 Å². The molecule has 1 aliphatic rings. The highest BCUT2D eigenvalue weighted by atomic mass is 15.3. The predicted molar refractivity (Wildman–Crippen MR) is 89.1 cm³/mol. The minimum Gasteiger partial charge on any atom is -0.370 e. The van der Waals surface area contributed by atoms with Crippen LogP contribution in [0.15, 0.2) is 6.33 Å². The van der Waals surface area contributed by atoms with E-state index in [1.54, 1.807) is 6.33 Å². The van der Waals surface area contributed by atoms with E-state index in [-0.39, 0.29) is 0 Å². The van der Waals surface area contributed by atoms with Crippen molar-refractivity contribution in [1.82, 2.24) is 14.9 Å². The molecule has 0 spiro atoms. The van der Waals surface area contributed by atoms with E-state index < -0.39 is 0 Å². The predicted octanol–water partition coefficient (Wildman–Crippen LogP) is 2.53. The Morgan fingerprint density at radius 2 is 1.90 bits per heavy atom. The molecule has 1 atom stereocenters. The summed E-state index contributed by atoms with van der Waals surface area (Å²) >= 11 is 0. The smallest absolute Gasteiger partial charge is 0.137 e. The number of hydrogen-bond acceptors (Lipinski definition) is 5. The first-order valence-electron chi connectivity index (χ1n) is 8.21. The van der Waals surface area contributed by atoms with Crippen molar-refractivity contribution in [3.8, 4) is 0 Å². The third kappa shape index (κ3) is 3.84. The Morgan fingerprint density at radius 1 is 1.19 bits per heavy atom. The summed E-state index contributed by atoms with van der Waals surface area (Å²) in [4.78, 5) is 13.9. The van der Waals surface area contributed by atoms with Crippen LogP contribution in [0.2, 0.25) is 0 Å². The van der Waals surface area contributed by atoms with Crippen LogP contribution in [0.4, 0.5) is 11.6 Å². The molecule has 0 bridgehead atoms. The van der Waals surface area contributed by atoms with Gasteiger partial charge in [0.15, 0.2) is 0 Å². The third-order valence-corrected chi connectivity index (χ3v) is 4.43. The van der Waals surface area contributed by atoms with Crippen LogP contribution in [-0.2, 0) is 0 Å². The minimum atomic E-state index is 0.681. The molecule has 1 fully saturated rings. The van der Waals surface area contributed by atoms with Gasteiger partial charge in [0.05, 0.1) is 0 Å². The second-order valence-electron chi connectivity index (χ2n) is 5.88. The van der Waals surface area contributed by atoms with Gasteiger partial charge in [-0.05, 0) is 26.7 Å². The van der Waals surface area contributed by atoms with Gasteiger partial charge in [-0.3, -0.25) is 4.90 Å². The first kappa shape index (κ1) is 16.0. The van der Waals surface area contributed by atoms with Crippen LogP contribution < -0.4 is 10.2 Å². The van der Waals surface area contributed by atoms with E-state index in [0.29, 0.717) is 6.04 Å². The molecule has 1 unspecified atom stereocenters. The lowest BCUT2D eigenvalue weighted by atomic mass is 10.2. The molecule has 0 aromatic carbocycles. The topological polar surface area (TPSA) is 44.3 Å². The fourth-order valence-corrected chi connectivity index (χ4v) is 2.81. The molecule has 1 aromatic heterocycles. The van der Waals surface area contributed by atoms with Crippen molar-refractivity contribution in [1.29, 1.82) is 0 Å². The summed E-state index contributed by atoms with van der Waals surface area (Å²) in [7, 11) is 0. The van der Waals surface area contributed by atoms with Crippen LogP contribution in [-0.4, -0.2) is 53.6 Å². The van der Waals surface area contributed by atoms with Gasteiger partial charge in [0.25, 0.3) is 0 Å². The fourth-order valence-electron chi connectivity index (χ4n) is 2.81. The molecular formula is C16H29N5. The van der Waals surface area contributed by atoms with E-state index in [0.717, 1.165) is 50.8 Å². The summed E-state index contributed by atoms with van der Waals surface area (Å²) in [6.07, 6.45) is 4.01. The molecule has 118 valence electrons. The molecule has 5 nitrogen and oxygen atoms in total. The Balaban J connectivity index is 2.03. The van der Waals surface area contributed by atoms with Gasteiger partial charge >= 0.3 is 0 Å². The first-order chi connectivity index (χ1) is 10.2. The average molecular weight is 291 g/mol. The van der Waals surface area contributed by atoms with Crippen molar-refractivity contribution in [2.24, 2.45) is 0 Å². The highest BCUT2D eigenvalue weighted by Gasteiger charge is 2.22. The molecule has 1 aromatic rings. The Hall–Kier alpha value is -1.36. The lowest BCUT2D eigenvalue weighted by Gasteiger charge is -2.38. The standard InChI is InChI=1S/C16H29N5/c1-5-7-17-15-14(4)16(19-12-18-15)21-10-8-20(9-11-21)13(3)6-2/h12-13H,5-11H2,1-4H3,(H,17,18,19). The zero-order chi connectivity index (χ0) is 15.2. The van der Waals surface area contributed by atoms with Crippen molar-refractivity contribution in [3.63, 3.8) is 0 Å². The summed E-state index contributed by atoms with van der Waals surface area (Å²) in [6.45, 7) is 14.2. The SMILES string of the molecule is CCCNc1ncnc(N2CCN(C(C)CC)CC2)c1C. The molecular weight excluding hydrogens is 262 g/mol. The van der Waals surface area contributed by atoms with Gasteiger partial charge in [0.2, 0.25) is 0 Å². The summed E-state index contributed by atoms with van der Waals surface area (Å²) in [5, 5.41) is 3.39. The number of nitrogens with one attached hydrogen (secondary N) is 1. The van der Waals surface area contributed by atoms with Gasteiger partial charge in [-0.25, -0.2) is 9.97 Å². The maximum Gasteiger partial charge on any atom is 0.137 e. The lowest BCUT2D eigenvalue weighted by Crippen LogP contribution is -2.49. The van der Waals surface area contributed by atoms with Crippen molar-refractivity contribution in [2.45, 2.75) is 46.6 Å². The summed E-state index contributed by atoms with van der Waals surface area (Å²) < 4.78 is 0. The molecule has 1 N–H and O–H groups in total. The maximum absolute atomic E-state index is 4.52. The highest BCUT2D eigenvalue weighted by molar-refractivity contribution is 5.58. The maximum atomic E-state index is 4.52. The van der Waals surface area contributed by atoms with Gasteiger partial charge < -0.3 is 10.2 Å². The van der Waals surface area contributed by atoms with E-state index in [2.05, 4.69) is 52.8 Å². The van der Waals surface area contributed by atoms with Crippen LogP contribution in [0.3, 0.4) is 0 Å². The summed E-state index contributed by atoms with van der Waals surface area (Å²) in [5.74, 6) is 2.07. The molecule has 1 aliphatic heterocycles. The Bertz CT molecular complexity index is 440. The number of anilines is 2. The molecule has 0 aliphatic carbocycles. The highest BCUT2D eigenvalue weighted by Crippen LogP contribution is 2.23. The van der Waals surface area contributed by atoms with Crippen LogP contribution in [0.25, 0.3) is 0 Å². The lowest BCUT2D eigenvalue weighted by molar-refractivity contribution is 0.192. The molecule has 0 saturated carbocycles. The van der Waals surface area contributed by atoms with Crippen LogP contribution in [0.5, 0.6) is 0 Å². The van der Waals surface area contributed by atoms with E-state index in [1.807, 2.05) is 0 Å². The van der Waals surface area contributed by atoms with Gasteiger partial charge in [0.1, 0.15) is 18.0 Å². The molecule has 5 heteroatoms. The van der Waals surface area contributed by atoms with Crippen molar-refractivity contribution in [2.75, 3.05) is 42.9 Å². The molecule has 0 radical (unpaired) electrons. The number of rotatable bonds is 6. The first-order valence-corrected chi connectivity index (χ1v) is 8.21. The summed E-state index contributed by atoms with van der Waals surface area (Å²) in [6, 6.07) is 0.681. The third-order valence-electron chi connectivity index (χ3n) is 4.43. The monoisotopic (exact) mass is 291 g/mol. The minimum absolute atomic E-state index is 0.681. The van der Waals surface area contributed by atoms with Crippen molar-refractivity contribution >= 4 is 11.6 Å². The Morgan fingerprint density at radius 3 is 2.52 bits per heavy atom. The van der Waals surface area contributed by atoms with Gasteiger partial charge in [-0.2, -0.15) is 0 Å². The van der Waals surface area contributed by atoms with Crippen molar-refractivity contribution < 1.29 is 0 Å². The van der Waals surface area contributed by atoms with Gasteiger partial charge in [-0.15, -0.1) is 0 Å². The van der Waals surface area contributed by atoms with Crippen LogP contribution >= 0.6 is 0 Å². The van der Waals surface area contributed by atoms with E-state index in [9.17, 15) is 0 Å². The number of hydrogen-bond donors (Lipinski definition) is 1. The number of piperazine rings is 1. The van der Waals surface area contributed by atoms with E-state index in [4.69, 9.17) is 0 Å². The zero-order valence-electron chi connectivity index (χ0n) is 13.9. The molecule has 2 heterocycles. The number of nitrogens with zero attached hydrogens (tertiary/aromatic N) is 4. The average Bonchev–Trinajstić information content (AvgIpc) is 2.53.